The molecule has 2 rings (SSSR count). The Morgan fingerprint density at radius 3 is 3.06 bits per heavy atom. The van der Waals surface area contributed by atoms with Crippen molar-refractivity contribution in [2.24, 2.45) is 0 Å². The van der Waals surface area contributed by atoms with Crippen molar-refractivity contribution in [3.63, 3.8) is 0 Å². The summed E-state index contributed by atoms with van der Waals surface area (Å²) in [7, 11) is 0. The standard InChI is InChI=1S/C11H8ClN3O/c12-8-2-3-9-10(6-8)14-7-15(11(9)16)5-1-4-13/h2-3,6-7H,1,5H2. The van der Waals surface area contributed by atoms with Crippen LogP contribution < -0.4 is 5.56 Å². The van der Waals surface area contributed by atoms with Crippen LogP contribution in [0.5, 0.6) is 0 Å². The molecule has 0 saturated carbocycles. The van der Waals surface area contributed by atoms with Gasteiger partial charge in [0.2, 0.25) is 0 Å². The quantitative estimate of drug-likeness (QED) is 0.797. The summed E-state index contributed by atoms with van der Waals surface area (Å²) in [6.07, 6.45) is 1.74. The highest BCUT2D eigenvalue weighted by atomic mass is 35.5. The molecule has 0 aliphatic heterocycles. The third kappa shape index (κ3) is 1.90. The van der Waals surface area contributed by atoms with Gasteiger partial charge in [-0.05, 0) is 18.2 Å². The van der Waals surface area contributed by atoms with Crippen molar-refractivity contribution < 1.29 is 0 Å². The van der Waals surface area contributed by atoms with Gasteiger partial charge in [0.25, 0.3) is 5.56 Å². The lowest BCUT2D eigenvalue weighted by molar-refractivity contribution is 0.678. The van der Waals surface area contributed by atoms with Crippen LogP contribution >= 0.6 is 11.6 Å². The van der Waals surface area contributed by atoms with Crippen LogP contribution in [0.15, 0.2) is 29.3 Å². The summed E-state index contributed by atoms with van der Waals surface area (Å²) in [5, 5.41) is 9.53. The first kappa shape index (κ1) is 10.7. The molecule has 80 valence electrons. The second-order valence-electron chi connectivity index (χ2n) is 3.31. The molecule has 1 aromatic carbocycles. The van der Waals surface area contributed by atoms with Gasteiger partial charge in [0.15, 0.2) is 0 Å². The Morgan fingerprint density at radius 1 is 1.50 bits per heavy atom. The Morgan fingerprint density at radius 2 is 2.31 bits per heavy atom. The molecule has 0 unspecified atom stereocenters. The van der Waals surface area contributed by atoms with E-state index in [4.69, 9.17) is 16.9 Å². The van der Waals surface area contributed by atoms with Crippen LogP contribution in [-0.2, 0) is 6.54 Å². The zero-order chi connectivity index (χ0) is 11.5. The van der Waals surface area contributed by atoms with Crippen molar-refractivity contribution in [1.29, 1.82) is 5.26 Å². The number of hydrogen-bond donors (Lipinski definition) is 0. The maximum atomic E-state index is 11.9. The molecule has 0 saturated heterocycles. The number of aromatic nitrogens is 2. The topological polar surface area (TPSA) is 58.7 Å². The van der Waals surface area contributed by atoms with E-state index in [9.17, 15) is 4.79 Å². The molecule has 0 fully saturated rings. The van der Waals surface area contributed by atoms with Crippen molar-refractivity contribution in [3.05, 3.63) is 39.9 Å². The molecule has 2 aromatic rings. The van der Waals surface area contributed by atoms with Crippen LogP contribution in [0.4, 0.5) is 0 Å². The zero-order valence-corrected chi connectivity index (χ0v) is 9.11. The molecule has 1 aromatic heterocycles. The van der Waals surface area contributed by atoms with Crippen LogP contribution in [0.3, 0.4) is 0 Å². The number of fused-ring (bicyclic) bond motifs is 1. The predicted molar refractivity (Wildman–Crippen MR) is 61.2 cm³/mol. The van der Waals surface area contributed by atoms with Crippen molar-refractivity contribution >= 4 is 22.5 Å². The van der Waals surface area contributed by atoms with Crippen molar-refractivity contribution in [2.75, 3.05) is 0 Å². The molecule has 0 radical (unpaired) electrons. The van der Waals surface area contributed by atoms with Crippen molar-refractivity contribution in [1.82, 2.24) is 9.55 Å². The largest absolute Gasteiger partial charge is 0.298 e. The summed E-state index contributed by atoms with van der Waals surface area (Å²) in [5.41, 5.74) is 0.433. The number of benzene rings is 1. The van der Waals surface area contributed by atoms with E-state index in [2.05, 4.69) is 4.98 Å². The van der Waals surface area contributed by atoms with Gasteiger partial charge in [-0.25, -0.2) is 4.98 Å². The first-order valence-electron chi connectivity index (χ1n) is 4.74. The molecule has 1 heterocycles. The third-order valence-corrected chi connectivity index (χ3v) is 2.49. The summed E-state index contributed by atoms with van der Waals surface area (Å²) in [6, 6.07) is 6.94. The number of rotatable bonds is 2. The van der Waals surface area contributed by atoms with Crippen LogP contribution in [0.1, 0.15) is 6.42 Å². The van der Waals surface area contributed by atoms with Gasteiger partial charge in [0.05, 0.1) is 29.7 Å². The lowest BCUT2D eigenvalue weighted by Gasteiger charge is -2.03. The monoisotopic (exact) mass is 233 g/mol. The molecule has 0 spiro atoms. The molecule has 0 N–H and O–H groups in total. The molecular formula is C11H8ClN3O. The van der Waals surface area contributed by atoms with Crippen molar-refractivity contribution in [3.8, 4) is 6.07 Å². The fourth-order valence-electron chi connectivity index (χ4n) is 1.46. The van der Waals surface area contributed by atoms with E-state index in [0.717, 1.165) is 0 Å². The van der Waals surface area contributed by atoms with E-state index in [-0.39, 0.29) is 5.56 Å². The highest BCUT2D eigenvalue weighted by molar-refractivity contribution is 6.31. The number of nitrogens with zero attached hydrogens (tertiary/aromatic N) is 3. The molecule has 0 aliphatic carbocycles. The van der Waals surface area contributed by atoms with Gasteiger partial charge >= 0.3 is 0 Å². The average molecular weight is 234 g/mol. The molecule has 4 nitrogen and oxygen atoms in total. The maximum absolute atomic E-state index is 11.9. The van der Waals surface area contributed by atoms with Gasteiger partial charge in [-0.15, -0.1) is 0 Å². The molecule has 0 amide bonds. The first-order valence-corrected chi connectivity index (χ1v) is 5.12. The Balaban J connectivity index is 2.58. The lowest BCUT2D eigenvalue weighted by Crippen LogP contribution is -2.20. The Bertz CT molecular complexity index is 627. The van der Waals surface area contributed by atoms with Crippen LogP contribution in [-0.4, -0.2) is 9.55 Å². The minimum atomic E-state index is -0.142. The van der Waals surface area contributed by atoms with Gasteiger partial charge in [-0.1, -0.05) is 11.6 Å². The first-order chi connectivity index (χ1) is 7.72. The van der Waals surface area contributed by atoms with Gasteiger partial charge in [-0.3, -0.25) is 9.36 Å². The van der Waals surface area contributed by atoms with E-state index in [1.54, 1.807) is 18.2 Å². The fourth-order valence-corrected chi connectivity index (χ4v) is 1.63. The van der Waals surface area contributed by atoms with E-state index in [1.165, 1.54) is 10.9 Å². The normalized spacial score (nSPS) is 10.2. The van der Waals surface area contributed by atoms with E-state index >= 15 is 0 Å². The van der Waals surface area contributed by atoms with E-state index in [0.29, 0.717) is 28.9 Å². The smallest absolute Gasteiger partial charge is 0.261 e. The molecule has 0 atom stereocenters. The third-order valence-electron chi connectivity index (χ3n) is 2.25. The second kappa shape index (κ2) is 4.33. The molecule has 5 heteroatoms. The van der Waals surface area contributed by atoms with Crippen LogP contribution in [0, 0.1) is 11.3 Å². The predicted octanol–water partition coefficient (Wildman–Crippen LogP) is 1.96. The van der Waals surface area contributed by atoms with Crippen LogP contribution in [0.25, 0.3) is 10.9 Å². The number of nitriles is 1. The van der Waals surface area contributed by atoms with Gasteiger partial charge in [0, 0.05) is 11.6 Å². The summed E-state index contributed by atoms with van der Waals surface area (Å²) >= 11 is 5.80. The summed E-state index contributed by atoms with van der Waals surface area (Å²) in [5.74, 6) is 0. The summed E-state index contributed by atoms with van der Waals surface area (Å²) in [4.78, 5) is 16.0. The maximum Gasteiger partial charge on any atom is 0.261 e. The number of halogens is 1. The summed E-state index contributed by atoms with van der Waals surface area (Å²) < 4.78 is 1.43. The Hall–Kier alpha value is -1.86. The minimum absolute atomic E-state index is 0.142. The van der Waals surface area contributed by atoms with E-state index in [1.807, 2.05) is 6.07 Å². The molecular weight excluding hydrogens is 226 g/mol. The molecule has 16 heavy (non-hydrogen) atoms. The number of aryl methyl sites for hydroxylation is 1. The van der Waals surface area contributed by atoms with Gasteiger partial charge in [0.1, 0.15) is 0 Å². The average Bonchev–Trinajstić information content (AvgIpc) is 2.28. The molecule has 0 aliphatic rings. The van der Waals surface area contributed by atoms with Gasteiger partial charge < -0.3 is 0 Å². The lowest BCUT2D eigenvalue weighted by atomic mass is 10.2. The summed E-state index contributed by atoms with van der Waals surface area (Å²) in [6.45, 7) is 0.362. The Labute approximate surface area is 96.7 Å². The van der Waals surface area contributed by atoms with E-state index < -0.39 is 0 Å². The van der Waals surface area contributed by atoms with Gasteiger partial charge in [-0.2, -0.15) is 5.26 Å². The Kier molecular flexibility index (Phi) is 2.88. The number of hydrogen-bond acceptors (Lipinski definition) is 3. The highest BCUT2D eigenvalue weighted by Crippen LogP contribution is 2.13. The minimum Gasteiger partial charge on any atom is -0.298 e. The van der Waals surface area contributed by atoms with Crippen molar-refractivity contribution in [2.45, 2.75) is 13.0 Å². The second-order valence-corrected chi connectivity index (χ2v) is 3.75. The fraction of sp³-hybridized carbons (Fsp3) is 0.182. The highest BCUT2D eigenvalue weighted by Gasteiger charge is 2.03. The van der Waals surface area contributed by atoms with Crippen LogP contribution in [0.2, 0.25) is 5.02 Å². The SMILES string of the molecule is N#CCCn1cnc2cc(Cl)ccc2c1=O. The molecule has 0 bridgehead atoms. The zero-order valence-electron chi connectivity index (χ0n) is 8.35.